The monoisotopic (exact) mass is 368 g/mol. The van der Waals surface area contributed by atoms with Gasteiger partial charge >= 0.3 is 0 Å². The Bertz CT molecular complexity index is 572. The second-order valence-electron chi connectivity index (χ2n) is 5.50. The summed E-state index contributed by atoms with van der Waals surface area (Å²) in [6.45, 7) is 2.64. The summed E-state index contributed by atoms with van der Waals surface area (Å²) in [4.78, 5) is 0.161. The molecule has 10 heteroatoms. The largest absolute Gasteiger partial charge is 0.383 e. The third kappa shape index (κ3) is 5.40. The SMILES string of the molecule is COCCn1cc(S(=O)(=O)NCC2(COC)CCCN2)cn1.Cl. The van der Waals surface area contributed by atoms with Crippen molar-refractivity contribution in [1.82, 2.24) is 19.8 Å². The van der Waals surface area contributed by atoms with E-state index in [2.05, 4.69) is 15.1 Å². The van der Waals surface area contributed by atoms with Gasteiger partial charge in [0.05, 0.1) is 31.5 Å². The average molecular weight is 369 g/mol. The van der Waals surface area contributed by atoms with E-state index in [0.29, 0.717) is 26.3 Å². The van der Waals surface area contributed by atoms with E-state index in [-0.39, 0.29) is 22.8 Å². The lowest BCUT2D eigenvalue weighted by Crippen LogP contribution is -2.52. The summed E-state index contributed by atoms with van der Waals surface area (Å²) in [5, 5.41) is 7.37. The van der Waals surface area contributed by atoms with Crippen molar-refractivity contribution >= 4 is 22.4 Å². The maximum atomic E-state index is 12.4. The van der Waals surface area contributed by atoms with Gasteiger partial charge in [0.25, 0.3) is 0 Å². The molecule has 1 aliphatic heterocycles. The maximum absolute atomic E-state index is 12.4. The molecule has 0 aromatic carbocycles. The van der Waals surface area contributed by atoms with Gasteiger partial charge in [-0.15, -0.1) is 12.4 Å². The zero-order valence-corrected chi connectivity index (χ0v) is 15.1. The van der Waals surface area contributed by atoms with Crippen molar-refractivity contribution in [3.8, 4) is 0 Å². The van der Waals surface area contributed by atoms with E-state index in [1.54, 1.807) is 18.9 Å². The van der Waals surface area contributed by atoms with Gasteiger partial charge < -0.3 is 14.8 Å². The number of rotatable bonds is 9. The van der Waals surface area contributed by atoms with E-state index in [9.17, 15) is 8.42 Å². The van der Waals surface area contributed by atoms with E-state index < -0.39 is 10.0 Å². The molecule has 23 heavy (non-hydrogen) atoms. The molecule has 1 atom stereocenters. The Labute approximate surface area is 143 Å². The minimum atomic E-state index is -3.58. The highest BCUT2D eigenvalue weighted by Crippen LogP contribution is 2.20. The highest BCUT2D eigenvalue weighted by atomic mass is 35.5. The van der Waals surface area contributed by atoms with Crippen LogP contribution in [-0.4, -0.2) is 64.3 Å². The van der Waals surface area contributed by atoms with Gasteiger partial charge in [-0.1, -0.05) is 0 Å². The molecule has 0 bridgehead atoms. The fourth-order valence-electron chi connectivity index (χ4n) is 2.58. The van der Waals surface area contributed by atoms with Crippen molar-refractivity contribution < 1.29 is 17.9 Å². The number of methoxy groups -OCH3 is 2. The molecule has 0 amide bonds. The van der Waals surface area contributed by atoms with Crippen LogP contribution in [0.5, 0.6) is 0 Å². The van der Waals surface area contributed by atoms with Crippen molar-refractivity contribution in [2.24, 2.45) is 0 Å². The quantitative estimate of drug-likeness (QED) is 0.637. The van der Waals surface area contributed by atoms with Crippen molar-refractivity contribution in [2.75, 3.05) is 40.5 Å². The molecule has 2 rings (SSSR count). The fourth-order valence-corrected chi connectivity index (χ4v) is 3.66. The van der Waals surface area contributed by atoms with E-state index >= 15 is 0 Å². The summed E-state index contributed by atoms with van der Waals surface area (Å²) in [5.74, 6) is 0. The van der Waals surface area contributed by atoms with Gasteiger partial charge in [-0.05, 0) is 19.4 Å². The molecule has 0 saturated carbocycles. The third-order valence-electron chi connectivity index (χ3n) is 3.80. The number of sulfonamides is 1. The summed E-state index contributed by atoms with van der Waals surface area (Å²) < 4.78 is 39.1. The average Bonchev–Trinajstić information content (AvgIpc) is 3.14. The normalized spacial score (nSPS) is 21.3. The van der Waals surface area contributed by atoms with Crippen molar-refractivity contribution in [3.05, 3.63) is 12.4 Å². The van der Waals surface area contributed by atoms with Gasteiger partial charge in [0.1, 0.15) is 4.90 Å². The summed E-state index contributed by atoms with van der Waals surface area (Å²) in [7, 11) is -0.367. The first-order valence-corrected chi connectivity index (χ1v) is 8.75. The molecule has 2 N–H and O–H groups in total. The van der Waals surface area contributed by atoms with E-state index in [1.165, 1.54) is 12.4 Å². The number of aromatic nitrogens is 2. The Hall–Kier alpha value is -0.710. The Morgan fingerprint density at radius 2 is 2.22 bits per heavy atom. The van der Waals surface area contributed by atoms with Crippen LogP contribution in [0.2, 0.25) is 0 Å². The van der Waals surface area contributed by atoms with Crippen molar-refractivity contribution in [3.63, 3.8) is 0 Å². The molecule has 2 heterocycles. The second-order valence-corrected chi connectivity index (χ2v) is 7.27. The summed E-state index contributed by atoms with van der Waals surface area (Å²) in [6, 6.07) is 0. The Morgan fingerprint density at radius 1 is 1.43 bits per heavy atom. The van der Waals surface area contributed by atoms with Gasteiger partial charge in [0.15, 0.2) is 0 Å². The van der Waals surface area contributed by atoms with E-state index in [1.807, 2.05) is 0 Å². The number of halogens is 1. The first kappa shape index (κ1) is 20.3. The van der Waals surface area contributed by atoms with Crippen LogP contribution in [0.15, 0.2) is 17.3 Å². The predicted octanol–water partition coefficient (Wildman–Crippen LogP) is -0.00180. The van der Waals surface area contributed by atoms with Gasteiger partial charge in [0.2, 0.25) is 10.0 Å². The Kier molecular flexibility index (Phi) is 7.91. The number of ether oxygens (including phenoxy) is 2. The summed E-state index contributed by atoms with van der Waals surface area (Å²) >= 11 is 0. The topological polar surface area (TPSA) is 94.5 Å². The van der Waals surface area contributed by atoms with Gasteiger partial charge in [-0.3, -0.25) is 4.68 Å². The smallest absolute Gasteiger partial charge is 0.243 e. The molecule has 0 radical (unpaired) electrons. The fraction of sp³-hybridized carbons (Fsp3) is 0.769. The molecule has 1 aliphatic rings. The molecule has 8 nitrogen and oxygen atoms in total. The first-order chi connectivity index (χ1) is 10.5. The third-order valence-corrected chi connectivity index (χ3v) is 5.15. The van der Waals surface area contributed by atoms with Crippen molar-refractivity contribution in [2.45, 2.75) is 29.8 Å². The standard InChI is InChI=1S/C13H24N4O4S.ClH/c1-20-7-6-17-9-12(8-15-17)22(18,19)16-10-13(11-21-2)4-3-5-14-13;/h8-9,14,16H,3-7,10-11H2,1-2H3;1H. The van der Waals surface area contributed by atoms with Crippen LogP contribution < -0.4 is 10.0 Å². The van der Waals surface area contributed by atoms with E-state index in [0.717, 1.165) is 19.4 Å². The predicted molar refractivity (Wildman–Crippen MR) is 88.4 cm³/mol. The highest BCUT2D eigenvalue weighted by molar-refractivity contribution is 7.89. The van der Waals surface area contributed by atoms with Gasteiger partial charge in [-0.25, -0.2) is 13.1 Å². The molecule has 0 spiro atoms. The number of nitrogens with one attached hydrogen (secondary N) is 2. The van der Waals surface area contributed by atoms with Gasteiger partial charge in [-0.2, -0.15) is 5.10 Å². The summed E-state index contributed by atoms with van der Waals surface area (Å²) in [6.07, 6.45) is 4.76. The van der Waals surface area contributed by atoms with Crippen molar-refractivity contribution in [1.29, 1.82) is 0 Å². The van der Waals surface area contributed by atoms with Crippen LogP contribution in [0.1, 0.15) is 12.8 Å². The molecule has 134 valence electrons. The highest BCUT2D eigenvalue weighted by Gasteiger charge is 2.35. The molecule has 1 aromatic rings. The maximum Gasteiger partial charge on any atom is 0.243 e. The zero-order chi connectivity index (χ0) is 16.1. The van der Waals surface area contributed by atoms with Crippen LogP contribution in [0.3, 0.4) is 0 Å². The molecular formula is C13H25ClN4O4S. The Balaban J connectivity index is 0.00000264. The molecule has 1 unspecified atom stereocenters. The molecule has 1 saturated heterocycles. The van der Waals surface area contributed by atoms with Crippen LogP contribution in [-0.2, 0) is 26.0 Å². The first-order valence-electron chi connectivity index (χ1n) is 7.26. The number of hydrogen-bond acceptors (Lipinski definition) is 6. The molecule has 1 fully saturated rings. The van der Waals surface area contributed by atoms with Gasteiger partial charge in [0, 0.05) is 27.0 Å². The minimum absolute atomic E-state index is 0. The molecular weight excluding hydrogens is 344 g/mol. The molecule has 0 aliphatic carbocycles. The number of hydrogen-bond donors (Lipinski definition) is 2. The summed E-state index contributed by atoms with van der Waals surface area (Å²) in [5.41, 5.74) is -0.326. The lowest BCUT2D eigenvalue weighted by atomic mass is 9.99. The van der Waals surface area contributed by atoms with Crippen LogP contribution >= 0.6 is 12.4 Å². The molecule has 1 aromatic heterocycles. The minimum Gasteiger partial charge on any atom is -0.383 e. The number of nitrogens with zero attached hydrogens (tertiary/aromatic N) is 2. The second kappa shape index (κ2) is 8.95. The lowest BCUT2D eigenvalue weighted by Gasteiger charge is -2.28. The lowest BCUT2D eigenvalue weighted by molar-refractivity contribution is 0.122. The van der Waals surface area contributed by atoms with Crippen LogP contribution in [0.25, 0.3) is 0 Å². The van der Waals surface area contributed by atoms with Crippen LogP contribution in [0.4, 0.5) is 0 Å². The Morgan fingerprint density at radius 3 is 2.83 bits per heavy atom. The van der Waals surface area contributed by atoms with E-state index in [4.69, 9.17) is 9.47 Å². The van der Waals surface area contributed by atoms with Crippen LogP contribution in [0, 0.1) is 0 Å². The zero-order valence-electron chi connectivity index (χ0n) is 13.4.